The van der Waals surface area contributed by atoms with E-state index in [4.69, 9.17) is 4.74 Å². The molecule has 2 aliphatic rings. The molecule has 1 aliphatic carbocycles. The number of carbonyl (C=O) groups excluding carboxylic acids is 1. The number of hydrogen-bond acceptors (Lipinski definition) is 4. The second kappa shape index (κ2) is 4.13. The summed E-state index contributed by atoms with van der Waals surface area (Å²) in [5, 5.41) is 8.53. The number of ether oxygens (including phenoxy) is 1. The van der Waals surface area contributed by atoms with Gasteiger partial charge in [0.2, 0.25) is 0 Å². The average Bonchev–Trinajstić information content (AvgIpc) is 2.69. The lowest BCUT2D eigenvalue weighted by Gasteiger charge is -2.27. The largest absolute Gasteiger partial charge is 0.469 e. The molecule has 5 heteroatoms. The first kappa shape index (κ1) is 10.7. The zero-order valence-electron chi connectivity index (χ0n) is 10.1. The van der Waals surface area contributed by atoms with Gasteiger partial charge in [0.25, 0.3) is 0 Å². The Bertz CT molecular complexity index is 437. The molecule has 0 saturated heterocycles. The number of aromatic nitrogens is 3. The minimum Gasteiger partial charge on any atom is -0.469 e. The van der Waals surface area contributed by atoms with Gasteiger partial charge in [-0.15, -0.1) is 10.2 Å². The van der Waals surface area contributed by atoms with Crippen molar-refractivity contribution in [2.45, 2.75) is 44.6 Å². The summed E-state index contributed by atoms with van der Waals surface area (Å²) in [7, 11) is 1.45. The summed E-state index contributed by atoms with van der Waals surface area (Å²) in [6.45, 7) is 0.855. The predicted octanol–water partition coefficient (Wildman–Crippen LogP) is 1.28. The van der Waals surface area contributed by atoms with E-state index >= 15 is 0 Å². The summed E-state index contributed by atoms with van der Waals surface area (Å²) in [6.07, 6.45) is 5.29. The molecule has 0 unspecified atom stereocenters. The molecular weight excluding hydrogens is 218 g/mol. The number of carbonyl (C=O) groups is 1. The maximum atomic E-state index is 11.5. The first-order valence-corrected chi connectivity index (χ1v) is 6.29. The Morgan fingerprint density at radius 1 is 1.35 bits per heavy atom. The summed E-state index contributed by atoms with van der Waals surface area (Å²) < 4.78 is 7.01. The lowest BCUT2D eigenvalue weighted by atomic mass is 9.84. The topological polar surface area (TPSA) is 57.0 Å². The van der Waals surface area contributed by atoms with Crippen molar-refractivity contribution in [1.82, 2.24) is 14.8 Å². The Morgan fingerprint density at radius 3 is 2.82 bits per heavy atom. The van der Waals surface area contributed by atoms with Crippen LogP contribution in [0.4, 0.5) is 0 Å². The SMILES string of the molecule is COC(=O)[C@@H]1CCn2c(nnc2C2CCC2)C1. The van der Waals surface area contributed by atoms with Gasteiger partial charge >= 0.3 is 5.97 Å². The van der Waals surface area contributed by atoms with Crippen LogP contribution in [0, 0.1) is 5.92 Å². The van der Waals surface area contributed by atoms with Crippen molar-refractivity contribution in [3.63, 3.8) is 0 Å². The normalized spacial score (nSPS) is 23.9. The standard InChI is InChI=1S/C12H17N3O2/c1-17-12(16)9-5-6-15-10(7-9)13-14-11(15)8-3-2-4-8/h8-9H,2-7H2,1H3/t9-/m1/s1. The molecule has 0 radical (unpaired) electrons. The third-order valence-corrected chi connectivity index (χ3v) is 3.99. The summed E-state index contributed by atoms with van der Waals surface area (Å²) in [6, 6.07) is 0. The molecule has 0 amide bonds. The maximum Gasteiger partial charge on any atom is 0.309 e. The van der Waals surface area contributed by atoms with Crippen LogP contribution in [-0.4, -0.2) is 27.8 Å². The lowest BCUT2D eigenvalue weighted by Crippen LogP contribution is -2.28. The fraction of sp³-hybridized carbons (Fsp3) is 0.750. The van der Waals surface area contributed by atoms with Crippen molar-refractivity contribution in [2.24, 2.45) is 5.92 Å². The number of nitrogens with zero attached hydrogens (tertiary/aromatic N) is 3. The lowest BCUT2D eigenvalue weighted by molar-refractivity contribution is -0.146. The Balaban J connectivity index is 1.80. The average molecular weight is 235 g/mol. The molecule has 0 N–H and O–H groups in total. The van der Waals surface area contributed by atoms with Gasteiger partial charge in [0, 0.05) is 18.9 Å². The number of rotatable bonds is 2. The highest BCUT2D eigenvalue weighted by atomic mass is 16.5. The first-order valence-electron chi connectivity index (χ1n) is 6.29. The second-order valence-corrected chi connectivity index (χ2v) is 4.97. The molecule has 0 aromatic carbocycles. The smallest absolute Gasteiger partial charge is 0.309 e. The summed E-state index contributed by atoms with van der Waals surface area (Å²) >= 11 is 0. The Labute approximate surface area is 100 Å². The van der Waals surface area contributed by atoms with Crippen molar-refractivity contribution >= 4 is 5.97 Å². The van der Waals surface area contributed by atoms with E-state index in [9.17, 15) is 4.79 Å². The molecule has 92 valence electrons. The summed E-state index contributed by atoms with van der Waals surface area (Å²) in [4.78, 5) is 11.5. The van der Waals surface area contributed by atoms with Crippen LogP contribution in [0.15, 0.2) is 0 Å². The Morgan fingerprint density at radius 2 is 2.18 bits per heavy atom. The van der Waals surface area contributed by atoms with Crippen LogP contribution in [0.2, 0.25) is 0 Å². The van der Waals surface area contributed by atoms with E-state index in [0.717, 1.165) is 24.6 Å². The molecule has 1 atom stereocenters. The minimum atomic E-state index is -0.121. The molecule has 5 nitrogen and oxygen atoms in total. The molecule has 1 aromatic rings. The fourth-order valence-corrected chi connectivity index (χ4v) is 2.69. The van der Waals surface area contributed by atoms with Crippen molar-refractivity contribution in [3.8, 4) is 0 Å². The van der Waals surface area contributed by atoms with Gasteiger partial charge in [-0.1, -0.05) is 6.42 Å². The van der Waals surface area contributed by atoms with Gasteiger partial charge in [-0.05, 0) is 19.3 Å². The van der Waals surface area contributed by atoms with E-state index < -0.39 is 0 Å². The van der Waals surface area contributed by atoms with Gasteiger partial charge in [0.15, 0.2) is 0 Å². The van der Waals surface area contributed by atoms with Gasteiger partial charge in [0.1, 0.15) is 11.6 Å². The molecule has 1 saturated carbocycles. The molecule has 0 bridgehead atoms. The van der Waals surface area contributed by atoms with Crippen LogP contribution in [0.3, 0.4) is 0 Å². The molecule has 2 heterocycles. The van der Waals surface area contributed by atoms with Crippen molar-refractivity contribution in [1.29, 1.82) is 0 Å². The van der Waals surface area contributed by atoms with Gasteiger partial charge in [0.05, 0.1) is 13.0 Å². The van der Waals surface area contributed by atoms with Crippen LogP contribution in [0.5, 0.6) is 0 Å². The Kier molecular flexibility index (Phi) is 2.61. The highest BCUT2D eigenvalue weighted by molar-refractivity contribution is 5.72. The third kappa shape index (κ3) is 1.73. The maximum absolute atomic E-state index is 11.5. The molecule has 17 heavy (non-hydrogen) atoms. The second-order valence-electron chi connectivity index (χ2n) is 4.97. The molecular formula is C12H17N3O2. The first-order chi connectivity index (χ1) is 8.29. The van der Waals surface area contributed by atoms with Crippen LogP contribution in [-0.2, 0) is 22.5 Å². The predicted molar refractivity (Wildman–Crippen MR) is 60.4 cm³/mol. The fourth-order valence-electron chi connectivity index (χ4n) is 2.69. The minimum absolute atomic E-state index is 0.0362. The van der Waals surface area contributed by atoms with E-state index in [2.05, 4.69) is 14.8 Å². The number of hydrogen-bond donors (Lipinski definition) is 0. The number of methoxy groups -OCH3 is 1. The molecule has 0 spiro atoms. The molecule has 1 aliphatic heterocycles. The van der Waals surface area contributed by atoms with Crippen molar-refractivity contribution < 1.29 is 9.53 Å². The van der Waals surface area contributed by atoms with Gasteiger partial charge in [-0.2, -0.15) is 0 Å². The van der Waals surface area contributed by atoms with Crippen molar-refractivity contribution in [3.05, 3.63) is 11.6 Å². The monoisotopic (exact) mass is 235 g/mol. The molecule has 1 fully saturated rings. The van der Waals surface area contributed by atoms with Gasteiger partial charge < -0.3 is 9.30 Å². The zero-order chi connectivity index (χ0) is 11.8. The highest BCUT2D eigenvalue weighted by Crippen LogP contribution is 2.36. The van der Waals surface area contributed by atoms with E-state index in [0.29, 0.717) is 12.3 Å². The van der Waals surface area contributed by atoms with Gasteiger partial charge in [-0.3, -0.25) is 4.79 Å². The Hall–Kier alpha value is -1.39. The third-order valence-electron chi connectivity index (χ3n) is 3.99. The number of esters is 1. The van der Waals surface area contributed by atoms with Crippen LogP contribution in [0.25, 0.3) is 0 Å². The van der Waals surface area contributed by atoms with Crippen LogP contribution < -0.4 is 0 Å². The quantitative estimate of drug-likeness (QED) is 0.725. The molecule has 3 rings (SSSR count). The van der Waals surface area contributed by atoms with Crippen LogP contribution in [0.1, 0.15) is 43.3 Å². The van der Waals surface area contributed by atoms with E-state index in [1.807, 2.05) is 0 Å². The van der Waals surface area contributed by atoms with Crippen LogP contribution >= 0.6 is 0 Å². The number of fused-ring (bicyclic) bond motifs is 1. The van der Waals surface area contributed by atoms with E-state index in [-0.39, 0.29) is 11.9 Å². The molecule has 1 aromatic heterocycles. The van der Waals surface area contributed by atoms with Crippen molar-refractivity contribution in [2.75, 3.05) is 7.11 Å². The summed E-state index contributed by atoms with van der Waals surface area (Å²) in [5.41, 5.74) is 0. The van der Waals surface area contributed by atoms with Gasteiger partial charge in [-0.25, -0.2) is 0 Å². The van der Waals surface area contributed by atoms with E-state index in [1.165, 1.54) is 26.4 Å². The zero-order valence-corrected chi connectivity index (χ0v) is 10.1. The summed E-state index contributed by atoms with van der Waals surface area (Å²) in [5.74, 6) is 2.53. The van der Waals surface area contributed by atoms with E-state index in [1.54, 1.807) is 0 Å². The highest BCUT2D eigenvalue weighted by Gasteiger charge is 2.32.